The number of nitriles is 1. The molecule has 4 heteroatoms. The van der Waals surface area contributed by atoms with Gasteiger partial charge in [-0.25, -0.2) is 0 Å². The van der Waals surface area contributed by atoms with Crippen LogP contribution in [0.3, 0.4) is 0 Å². The van der Waals surface area contributed by atoms with Crippen molar-refractivity contribution in [2.75, 3.05) is 23.4 Å². The Kier molecular flexibility index (Phi) is 5.84. The quantitative estimate of drug-likeness (QED) is 0.621. The lowest BCUT2D eigenvalue weighted by Gasteiger charge is -2.06. The van der Waals surface area contributed by atoms with Crippen molar-refractivity contribution in [2.45, 2.75) is 0 Å². The highest BCUT2D eigenvalue weighted by atomic mass is 35.5. The van der Waals surface area contributed by atoms with Gasteiger partial charge in [0.05, 0.1) is 10.6 Å². The Morgan fingerprint density at radius 3 is 3.00 bits per heavy atom. The lowest BCUT2D eigenvalue weighted by Crippen LogP contribution is -2.04. The van der Waals surface area contributed by atoms with Crippen LogP contribution in [-0.2, 0) is 0 Å². The molecule has 84 valence electrons. The largest absolute Gasteiger partial charge is 0.384 e. The summed E-state index contributed by atoms with van der Waals surface area (Å²) < 4.78 is 0. The van der Waals surface area contributed by atoms with Gasteiger partial charge in [0, 0.05) is 23.7 Å². The minimum absolute atomic E-state index is 0.492. The number of thioether (sulfide) groups is 1. The van der Waals surface area contributed by atoms with Crippen molar-refractivity contribution in [3.63, 3.8) is 0 Å². The summed E-state index contributed by atoms with van der Waals surface area (Å²) >= 11 is 7.73. The van der Waals surface area contributed by atoms with Gasteiger partial charge in [0.25, 0.3) is 0 Å². The summed E-state index contributed by atoms with van der Waals surface area (Å²) in [6.07, 6.45) is 1.89. The van der Waals surface area contributed by atoms with Crippen LogP contribution in [0.15, 0.2) is 30.9 Å². The average Bonchev–Trinajstić information content (AvgIpc) is 2.29. The predicted molar refractivity (Wildman–Crippen MR) is 72.2 cm³/mol. The normalized spacial score (nSPS) is 9.50. The van der Waals surface area contributed by atoms with E-state index in [0.717, 1.165) is 23.7 Å². The fraction of sp³-hybridized carbons (Fsp3) is 0.250. The van der Waals surface area contributed by atoms with Crippen molar-refractivity contribution in [1.82, 2.24) is 0 Å². The summed E-state index contributed by atoms with van der Waals surface area (Å²) in [4.78, 5) is 0. The highest BCUT2D eigenvalue weighted by molar-refractivity contribution is 7.99. The second kappa shape index (κ2) is 7.21. The second-order valence-corrected chi connectivity index (χ2v) is 4.65. The third-order valence-electron chi connectivity index (χ3n) is 1.90. The SMILES string of the molecule is C=CCSCCNc1ccc(C#N)c(Cl)c1. The summed E-state index contributed by atoms with van der Waals surface area (Å²) in [5, 5.41) is 12.5. The molecule has 16 heavy (non-hydrogen) atoms. The molecule has 0 radical (unpaired) electrons. The predicted octanol–water partition coefficient (Wildman–Crippen LogP) is 3.54. The van der Waals surface area contributed by atoms with E-state index in [1.54, 1.807) is 12.1 Å². The number of nitrogens with one attached hydrogen (secondary N) is 1. The molecule has 0 aromatic heterocycles. The molecule has 0 unspecified atom stereocenters. The first-order valence-corrected chi connectivity index (χ1v) is 6.43. The third-order valence-corrected chi connectivity index (χ3v) is 3.18. The van der Waals surface area contributed by atoms with Gasteiger partial charge in [-0.1, -0.05) is 17.7 Å². The van der Waals surface area contributed by atoms with E-state index in [-0.39, 0.29) is 0 Å². The number of nitrogens with zero attached hydrogens (tertiary/aromatic N) is 1. The molecule has 0 aliphatic carbocycles. The molecule has 0 atom stereocenters. The summed E-state index contributed by atoms with van der Waals surface area (Å²) in [5.74, 6) is 1.99. The lowest BCUT2D eigenvalue weighted by molar-refractivity contribution is 1.23. The smallest absolute Gasteiger partial charge is 0.101 e. The molecule has 0 aliphatic rings. The van der Waals surface area contributed by atoms with Gasteiger partial charge in [0.15, 0.2) is 0 Å². The number of benzene rings is 1. The molecule has 1 N–H and O–H groups in total. The molecule has 0 aliphatic heterocycles. The fourth-order valence-electron chi connectivity index (χ4n) is 1.15. The van der Waals surface area contributed by atoms with Crippen LogP contribution >= 0.6 is 23.4 Å². The Balaban J connectivity index is 2.40. The first-order valence-electron chi connectivity index (χ1n) is 4.90. The Bertz CT molecular complexity index is 398. The Hall–Kier alpha value is -1.11. The topological polar surface area (TPSA) is 35.8 Å². The van der Waals surface area contributed by atoms with Gasteiger partial charge in [-0.2, -0.15) is 17.0 Å². The van der Waals surface area contributed by atoms with E-state index >= 15 is 0 Å². The average molecular weight is 253 g/mol. The molecule has 0 spiro atoms. The molecule has 0 bridgehead atoms. The van der Waals surface area contributed by atoms with Crippen LogP contribution in [0.2, 0.25) is 5.02 Å². The first-order chi connectivity index (χ1) is 7.77. The van der Waals surface area contributed by atoms with Crippen LogP contribution in [0.25, 0.3) is 0 Å². The van der Waals surface area contributed by atoms with Gasteiger partial charge in [-0.15, -0.1) is 6.58 Å². The van der Waals surface area contributed by atoms with E-state index in [2.05, 4.69) is 11.9 Å². The Labute approximate surface area is 105 Å². The van der Waals surface area contributed by atoms with Crippen LogP contribution in [-0.4, -0.2) is 18.1 Å². The number of anilines is 1. The number of halogens is 1. The van der Waals surface area contributed by atoms with E-state index in [9.17, 15) is 0 Å². The second-order valence-electron chi connectivity index (χ2n) is 3.10. The summed E-state index contributed by atoms with van der Waals surface area (Å²) in [6.45, 7) is 4.53. The molecule has 0 heterocycles. The highest BCUT2D eigenvalue weighted by Gasteiger charge is 2.00. The Morgan fingerprint density at radius 2 is 2.38 bits per heavy atom. The van der Waals surface area contributed by atoms with Gasteiger partial charge in [-0.05, 0) is 18.2 Å². The van der Waals surface area contributed by atoms with Crippen LogP contribution in [0.5, 0.6) is 0 Å². The minimum atomic E-state index is 0.492. The minimum Gasteiger partial charge on any atom is -0.384 e. The van der Waals surface area contributed by atoms with Crippen LogP contribution in [0.4, 0.5) is 5.69 Å². The first kappa shape index (κ1) is 13.0. The molecule has 0 fully saturated rings. The molecule has 0 amide bonds. The fourth-order valence-corrected chi connectivity index (χ4v) is 1.95. The van der Waals surface area contributed by atoms with Crippen molar-refractivity contribution >= 4 is 29.1 Å². The zero-order valence-electron chi connectivity index (χ0n) is 8.87. The lowest BCUT2D eigenvalue weighted by atomic mass is 10.2. The standard InChI is InChI=1S/C12H13ClN2S/c1-2-6-16-7-5-15-11-4-3-10(9-14)12(13)8-11/h2-4,8,15H,1,5-7H2. The summed E-state index contributed by atoms with van der Waals surface area (Å²) in [6, 6.07) is 7.40. The van der Waals surface area contributed by atoms with Crippen LogP contribution in [0, 0.1) is 11.3 Å². The van der Waals surface area contributed by atoms with Crippen molar-refractivity contribution < 1.29 is 0 Å². The molecule has 1 aromatic carbocycles. The Morgan fingerprint density at radius 1 is 1.56 bits per heavy atom. The maximum absolute atomic E-state index is 8.71. The van der Waals surface area contributed by atoms with Gasteiger partial charge in [0.1, 0.15) is 6.07 Å². The van der Waals surface area contributed by atoms with E-state index in [1.165, 1.54) is 0 Å². The van der Waals surface area contributed by atoms with Crippen molar-refractivity contribution in [3.8, 4) is 6.07 Å². The number of hydrogen-bond donors (Lipinski definition) is 1. The maximum Gasteiger partial charge on any atom is 0.101 e. The van der Waals surface area contributed by atoms with Crippen LogP contribution in [0.1, 0.15) is 5.56 Å². The van der Waals surface area contributed by atoms with E-state index < -0.39 is 0 Å². The van der Waals surface area contributed by atoms with E-state index in [1.807, 2.05) is 30.0 Å². The van der Waals surface area contributed by atoms with Crippen molar-refractivity contribution in [3.05, 3.63) is 41.4 Å². The zero-order valence-corrected chi connectivity index (χ0v) is 10.4. The maximum atomic E-state index is 8.71. The molecule has 2 nitrogen and oxygen atoms in total. The van der Waals surface area contributed by atoms with E-state index in [0.29, 0.717) is 10.6 Å². The van der Waals surface area contributed by atoms with Crippen LogP contribution < -0.4 is 5.32 Å². The zero-order chi connectivity index (χ0) is 11.8. The van der Waals surface area contributed by atoms with Gasteiger partial charge in [0.2, 0.25) is 0 Å². The van der Waals surface area contributed by atoms with Gasteiger partial charge in [-0.3, -0.25) is 0 Å². The molecule has 1 rings (SSSR count). The monoisotopic (exact) mass is 252 g/mol. The molecule has 0 saturated carbocycles. The van der Waals surface area contributed by atoms with Gasteiger partial charge >= 0.3 is 0 Å². The molecular weight excluding hydrogens is 240 g/mol. The van der Waals surface area contributed by atoms with E-state index in [4.69, 9.17) is 16.9 Å². The van der Waals surface area contributed by atoms with Gasteiger partial charge < -0.3 is 5.32 Å². The third kappa shape index (κ3) is 4.18. The molecular formula is C12H13ClN2S. The highest BCUT2D eigenvalue weighted by Crippen LogP contribution is 2.20. The number of hydrogen-bond acceptors (Lipinski definition) is 3. The molecule has 1 aromatic rings. The van der Waals surface area contributed by atoms with Crippen molar-refractivity contribution in [2.24, 2.45) is 0 Å². The van der Waals surface area contributed by atoms with Crippen molar-refractivity contribution in [1.29, 1.82) is 5.26 Å². The number of rotatable bonds is 6. The molecule has 0 saturated heterocycles. The summed E-state index contributed by atoms with van der Waals surface area (Å²) in [5.41, 5.74) is 1.46. The summed E-state index contributed by atoms with van der Waals surface area (Å²) in [7, 11) is 0.